The second-order valence-corrected chi connectivity index (χ2v) is 6.46. The van der Waals surface area contributed by atoms with Gasteiger partial charge in [0.1, 0.15) is 0 Å². The van der Waals surface area contributed by atoms with Gasteiger partial charge < -0.3 is 5.32 Å². The van der Waals surface area contributed by atoms with E-state index >= 15 is 0 Å². The minimum absolute atomic E-state index is 0.380. The van der Waals surface area contributed by atoms with Crippen molar-refractivity contribution < 1.29 is 8.42 Å². The highest BCUT2D eigenvalue weighted by atomic mass is 32.2. The van der Waals surface area contributed by atoms with Gasteiger partial charge in [0.25, 0.3) is 0 Å². The highest BCUT2D eigenvalue weighted by Crippen LogP contribution is 2.17. The third kappa shape index (κ3) is 3.78. The Balaban J connectivity index is 1.97. The van der Waals surface area contributed by atoms with E-state index in [1.807, 2.05) is 16.8 Å². The van der Waals surface area contributed by atoms with E-state index in [0.29, 0.717) is 19.6 Å². The van der Waals surface area contributed by atoms with Crippen LogP contribution < -0.4 is 10.0 Å². The third-order valence-electron chi connectivity index (χ3n) is 2.99. The van der Waals surface area contributed by atoms with E-state index in [-0.39, 0.29) is 0 Å². The number of para-hydroxylation sites is 1. The van der Waals surface area contributed by atoms with Gasteiger partial charge >= 0.3 is 0 Å². The fourth-order valence-electron chi connectivity index (χ4n) is 2.10. The number of sulfonamides is 1. The smallest absolute Gasteiger partial charge is 0.208 e. The maximum absolute atomic E-state index is 10.9. The predicted molar refractivity (Wildman–Crippen MR) is 80.0 cm³/mol. The molecule has 0 aliphatic rings. The van der Waals surface area contributed by atoms with Gasteiger partial charge in [-0.15, -0.1) is 0 Å². The van der Waals surface area contributed by atoms with Crippen molar-refractivity contribution >= 4 is 20.9 Å². The fraction of sp³-hybridized carbons (Fsp3) is 0.462. The molecule has 0 bridgehead atoms. The number of hydrogen-bond donors (Lipinski definition) is 2. The molecule has 0 atom stereocenters. The average molecular weight is 296 g/mol. The summed E-state index contributed by atoms with van der Waals surface area (Å²) in [5, 5.41) is 8.91. The van der Waals surface area contributed by atoms with Crippen LogP contribution in [-0.2, 0) is 23.1 Å². The molecule has 2 N–H and O–H groups in total. The highest BCUT2D eigenvalue weighted by Gasteiger charge is 2.08. The number of benzene rings is 1. The molecule has 0 saturated carbocycles. The maximum atomic E-state index is 10.9. The van der Waals surface area contributed by atoms with Crippen LogP contribution in [0.1, 0.15) is 12.6 Å². The SMILES string of the molecule is CCn1nc(CNCCNS(C)(=O)=O)c2ccccc21. The van der Waals surface area contributed by atoms with Crippen LogP contribution in [0.15, 0.2) is 24.3 Å². The Morgan fingerprint density at radius 2 is 2.00 bits per heavy atom. The molecule has 0 aliphatic carbocycles. The van der Waals surface area contributed by atoms with Crippen molar-refractivity contribution in [3.8, 4) is 0 Å². The Labute approximate surface area is 119 Å². The molecule has 6 nitrogen and oxygen atoms in total. The van der Waals surface area contributed by atoms with Crippen LogP contribution in [-0.4, -0.2) is 37.5 Å². The van der Waals surface area contributed by atoms with Crippen molar-refractivity contribution in [2.75, 3.05) is 19.3 Å². The lowest BCUT2D eigenvalue weighted by Gasteiger charge is -2.03. The van der Waals surface area contributed by atoms with Crippen LogP contribution >= 0.6 is 0 Å². The first kappa shape index (κ1) is 15.0. The van der Waals surface area contributed by atoms with E-state index in [0.717, 1.165) is 29.4 Å². The van der Waals surface area contributed by atoms with Gasteiger partial charge in [-0.05, 0) is 13.0 Å². The molecule has 0 aliphatic heterocycles. The van der Waals surface area contributed by atoms with Gasteiger partial charge in [0.05, 0.1) is 17.5 Å². The van der Waals surface area contributed by atoms with E-state index in [4.69, 9.17) is 0 Å². The standard InChI is InChI=1S/C13H20N4O2S/c1-3-17-13-7-5-4-6-11(13)12(16-17)10-14-8-9-15-20(2,18)19/h4-7,14-15H,3,8-10H2,1-2H3. The highest BCUT2D eigenvalue weighted by molar-refractivity contribution is 7.88. The molecule has 0 saturated heterocycles. The minimum atomic E-state index is -3.11. The van der Waals surface area contributed by atoms with E-state index in [1.54, 1.807) is 0 Å². The van der Waals surface area contributed by atoms with Crippen molar-refractivity contribution in [3.63, 3.8) is 0 Å². The second kappa shape index (κ2) is 6.34. The summed E-state index contributed by atoms with van der Waals surface area (Å²) in [7, 11) is -3.11. The van der Waals surface area contributed by atoms with Gasteiger partial charge in [-0.25, -0.2) is 13.1 Å². The van der Waals surface area contributed by atoms with Gasteiger partial charge in [0.15, 0.2) is 0 Å². The summed E-state index contributed by atoms with van der Waals surface area (Å²) in [4.78, 5) is 0. The summed E-state index contributed by atoms with van der Waals surface area (Å²) in [5.74, 6) is 0. The first-order chi connectivity index (χ1) is 9.51. The Morgan fingerprint density at radius 3 is 2.70 bits per heavy atom. The summed E-state index contributed by atoms with van der Waals surface area (Å²) in [6.45, 7) is 4.47. The molecule has 0 radical (unpaired) electrons. The number of aromatic nitrogens is 2. The molecule has 110 valence electrons. The van der Waals surface area contributed by atoms with E-state index < -0.39 is 10.0 Å². The molecule has 7 heteroatoms. The zero-order valence-electron chi connectivity index (χ0n) is 11.8. The van der Waals surface area contributed by atoms with Crippen molar-refractivity contribution in [3.05, 3.63) is 30.0 Å². The summed E-state index contributed by atoms with van der Waals surface area (Å²) in [6, 6.07) is 8.11. The lowest BCUT2D eigenvalue weighted by atomic mass is 10.2. The van der Waals surface area contributed by atoms with E-state index in [1.165, 1.54) is 0 Å². The third-order valence-corrected chi connectivity index (χ3v) is 3.72. The molecule has 0 amide bonds. The molecular weight excluding hydrogens is 276 g/mol. The molecule has 2 aromatic rings. The quantitative estimate of drug-likeness (QED) is 0.737. The molecule has 0 unspecified atom stereocenters. The average Bonchev–Trinajstić information content (AvgIpc) is 2.76. The second-order valence-electron chi connectivity index (χ2n) is 4.62. The summed E-state index contributed by atoms with van der Waals surface area (Å²) in [5.41, 5.74) is 2.11. The number of nitrogens with one attached hydrogen (secondary N) is 2. The van der Waals surface area contributed by atoms with E-state index in [9.17, 15) is 8.42 Å². The van der Waals surface area contributed by atoms with Crippen molar-refractivity contribution in [2.45, 2.75) is 20.0 Å². The zero-order chi connectivity index (χ0) is 14.6. The van der Waals surface area contributed by atoms with Crippen LogP contribution in [0.2, 0.25) is 0 Å². The topological polar surface area (TPSA) is 76.0 Å². The van der Waals surface area contributed by atoms with Gasteiger partial charge in [0.2, 0.25) is 10.0 Å². The van der Waals surface area contributed by atoms with Crippen LogP contribution in [0.25, 0.3) is 10.9 Å². The molecule has 20 heavy (non-hydrogen) atoms. The normalized spacial score (nSPS) is 12.1. The van der Waals surface area contributed by atoms with Crippen molar-refractivity contribution in [1.29, 1.82) is 0 Å². The Bertz CT molecular complexity index is 679. The van der Waals surface area contributed by atoms with Gasteiger partial charge in [0, 0.05) is 31.6 Å². The monoisotopic (exact) mass is 296 g/mol. The maximum Gasteiger partial charge on any atom is 0.208 e. The van der Waals surface area contributed by atoms with Gasteiger partial charge in [-0.3, -0.25) is 4.68 Å². The van der Waals surface area contributed by atoms with Crippen molar-refractivity contribution in [2.24, 2.45) is 0 Å². The van der Waals surface area contributed by atoms with Crippen LogP contribution in [0.5, 0.6) is 0 Å². The van der Waals surface area contributed by atoms with Gasteiger partial charge in [-0.1, -0.05) is 18.2 Å². The number of rotatable bonds is 7. The molecule has 1 heterocycles. The number of hydrogen-bond acceptors (Lipinski definition) is 4. The zero-order valence-corrected chi connectivity index (χ0v) is 12.6. The van der Waals surface area contributed by atoms with Crippen LogP contribution in [0.4, 0.5) is 0 Å². The first-order valence-corrected chi connectivity index (χ1v) is 8.50. The lowest BCUT2D eigenvalue weighted by molar-refractivity contribution is 0.579. The number of fused-ring (bicyclic) bond motifs is 1. The molecule has 2 rings (SSSR count). The largest absolute Gasteiger partial charge is 0.310 e. The lowest BCUT2D eigenvalue weighted by Crippen LogP contribution is -2.30. The Morgan fingerprint density at radius 1 is 1.25 bits per heavy atom. The Kier molecular flexibility index (Phi) is 4.74. The van der Waals surface area contributed by atoms with Crippen LogP contribution in [0, 0.1) is 0 Å². The van der Waals surface area contributed by atoms with E-state index in [2.05, 4.69) is 34.2 Å². The van der Waals surface area contributed by atoms with Crippen LogP contribution in [0.3, 0.4) is 0 Å². The summed E-state index contributed by atoms with van der Waals surface area (Å²) < 4.78 is 26.3. The molecule has 1 aromatic heterocycles. The summed E-state index contributed by atoms with van der Waals surface area (Å²) in [6.07, 6.45) is 1.16. The molecular formula is C13H20N4O2S. The molecule has 1 aromatic carbocycles. The van der Waals surface area contributed by atoms with Crippen molar-refractivity contribution in [1.82, 2.24) is 19.8 Å². The van der Waals surface area contributed by atoms with Gasteiger partial charge in [-0.2, -0.15) is 5.10 Å². The predicted octanol–water partition coefficient (Wildman–Crippen LogP) is 0.695. The molecule has 0 fully saturated rings. The minimum Gasteiger partial charge on any atom is -0.310 e. The molecule has 0 spiro atoms. The summed E-state index contributed by atoms with van der Waals surface area (Å²) >= 11 is 0. The number of nitrogens with zero attached hydrogens (tertiary/aromatic N) is 2. The Hall–Kier alpha value is -1.44. The fourth-order valence-corrected chi connectivity index (χ4v) is 2.57. The number of aryl methyl sites for hydroxylation is 1. The first-order valence-electron chi connectivity index (χ1n) is 6.61.